The van der Waals surface area contributed by atoms with Crippen molar-refractivity contribution in [3.05, 3.63) is 34.9 Å². The number of benzene rings is 1. The highest BCUT2D eigenvalue weighted by Crippen LogP contribution is 2.08. The van der Waals surface area contributed by atoms with Gasteiger partial charge in [0, 0.05) is 11.6 Å². The molecule has 0 fully saturated rings. The van der Waals surface area contributed by atoms with Crippen LogP contribution in [0.15, 0.2) is 24.3 Å². The predicted octanol–water partition coefficient (Wildman–Crippen LogP) is 0.518. The summed E-state index contributed by atoms with van der Waals surface area (Å²) in [5.41, 5.74) is 10.6. The Hall–Kier alpha value is -1.79. The van der Waals surface area contributed by atoms with Gasteiger partial charge in [-0.2, -0.15) is 0 Å². The van der Waals surface area contributed by atoms with Crippen LogP contribution in [0.25, 0.3) is 0 Å². The van der Waals surface area contributed by atoms with Crippen LogP contribution in [-0.2, 0) is 11.3 Å². The molecule has 98 valence electrons. The average Bonchev–Trinajstić information content (AvgIpc) is 2.35. The van der Waals surface area contributed by atoms with Crippen LogP contribution in [0, 0.1) is 0 Å². The van der Waals surface area contributed by atoms with Crippen molar-refractivity contribution in [2.45, 2.75) is 19.5 Å². The van der Waals surface area contributed by atoms with Gasteiger partial charge in [0.2, 0.25) is 0 Å². The molecule has 0 bridgehead atoms. The summed E-state index contributed by atoms with van der Waals surface area (Å²) in [4.78, 5) is 22.4. The summed E-state index contributed by atoms with van der Waals surface area (Å²) >= 11 is 5.73. The van der Waals surface area contributed by atoms with Gasteiger partial charge >= 0.3 is 6.03 Å². The smallest absolute Gasteiger partial charge is 0.333 e. The molecule has 0 aliphatic carbocycles. The largest absolute Gasteiger partial charge is 0.333 e. The van der Waals surface area contributed by atoms with E-state index in [4.69, 9.17) is 17.3 Å². The minimum atomic E-state index is -0.679. The van der Waals surface area contributed by atoms with E-state index in [-0.39, 0.29) is 0 Å². The Morgan fingerprint density at radius 3 is 2.44 bits per heavy atom. The van der Waals surface area contributed by atoms with Gasteiger partial charge < -0.3 is 11.1 Å². The maximum Gasteiger partial charge on any atom is 0.333 e. The zero-order valence-electron chi connectivity index (χ0n) is 9.87. The van der Waals surface area contributed by atoms with E-state index in [1.165, 1.54) is 6.92 Å². The molecule has 3 amide bonds. The number of carbonyl (C=O) groups is 2. The highest BCUT2D eigenvalue weighted by molar-refractivity contribution is 6.30. The molecule has 0 radical (unpaired) electrons. The van der Waals surface area contributed by atoms with Gasteiger partial charge in [0.1, 0.15) is 0 Å². The molecule has 1 aromatic rings. The lowest BCUT2D eigenvalue weighted by atomic mass is 10.2. The maximum absolute atomic E-state index is 11.3. The second-order valence-corrected chi connectivity index (χ2v) is 4.15. The van der Waals surface area contributed by atoms with Gasteiger partial charge in [0.05, 0.1) is 6.04 Å². The first-order valence-electron chi connectivity index (χ1n) is 5.33. The Balaban J connectivity index is 2.29. The fraction of sp³-hybridized carbons (Fsp3) is 0.273. The molecule has 1 rings (SSSR count). The summed E-state index contributed by atoms with van der Waals surface area (Å²) in [5.74, 6) is -0.461. The number of hydrazine groups is 1. The van der Waals surface area contributed by atoms with Crippen molar-refractivity contribution in [3.8, 4) is 0 Å². The van der Waals surface area contributed by atoms with Gasteiger partial charge in [-0.15, -0.1) is 0 Å². The maximum atomic E-state index is 11.3. The second-order valence-electron chi connectivity index (χ2n) is 3.71. The van der Waals surface area contributed by atoms with Crippen molar-refractivity contribution in [1.29, 1.82) is 0 Å². The van der Waals surface area contributed by atoms with Crippen LogP contribution >= 0.6 is 11.6 Å². The lowest BCUT2D eigenvalue weighted by molar-refractivity contribution is -0.122. The van der Waals surface area contributed by atoms with E-state index in [1.807, 2.05) is 0 Å². The number of carbonyl (C=O) groups excluding carboxylic acids is 2. The van der Waals surface area contributed by atoms with E-state index in [0.717, 1.165) is 5.56 Å². The molecule has 6 nitrogen and oxygen atoms in total. The van der Waals surface area contributed by atoms with Crippen molar-refractivity contribution in [2.75, 3.05) is 0 Å². The van der Waals surface area contributed by atoms with Crippen molar-refractivity contribution in [2.24, 2.45) is 5.73 Å². The van der Waals surface area contributed by atoms with Crippen LogP contribution in [0.3, 0.4) is 0 Å². The number of hydrogen-bond acceptors (Lipinski definition) is 3. The van der Waals surface area contributed by atoms with Crippen LogP contribution in [0.2, 0.25) is 5.02 Å². The number of halogens is 1. The lowest BCUT2D eigenvalue weighted by Gasteiger charge is -2.10. The van der Waals surface area contributed by atoms with Crippen LogP contribution in [0.5, 0.6) is 0 Å². The fourth-order valence-electron chi connectivity index (χ4n) is 1.06. The molecule has 0 spiro atoms. The number of rotatable bonds is 3. The number of nitrogens with one attached hydrogen (secondary N) is 3. The molecule has 1 aromatic carbocycles. The zero-order chi connectivity index (χ0) is 13.5. The molecular weight excluding hydrogens is 256 g/mol. The van der Waals surface area contributed by atoms with Gasteiger partial charge in [-0.3, -0.25) is 10.2 Å². The Bertz CT molecular complexity index is 420. The van der Waals surface area contributed by atoms with E-state index in [9.17, 15) is 9.59 Å². The topological polar surface area (TPSA) is 96.2 Å². The molecule has 0 aromatic heterocycles. The normalized spacial score (nSPS) is 11.5. The van der Waals surface area contributed by atoms with Gasteiger partial charge in [0.15, 0.2) is 0 Å². The summed E-state index contributed by atoms with van der Waals surface area (Å²) in [6.07, 6.45) is 0. The quantitative estimate of drug-likeness (QED) is 0.603. The molecule has 5 N–H and O–H groups in total. The third kappa shape index (κ3) is 5.03. The minimum Gasteiger partial charge on any atom is -0.333 e. The Morgan fingerprint density at radius 2 is 1.89 bits per heavy atom. The standard InChI is InChI=1S/C11H15ClN4O2/c1-7(13)10(17)15-16-11(18)14-6-8-2-4-9(12)5-3-8/h2-5,7H,6,13H2,1H3,(H,15,17)(H2,14,16,18)/t7-/m0/s1. The first-order valence-corrected chi connectivity index (χ1v) is 5.70. The number of amides is 3. The van der Waals surface area contributed by atoms with E-state index in [1.54, 1.807) is 24.3 Å². The van der Waals surface area contributed by atoms with Crippen LogP contribution in [-0.4, -0.2) is 18.0 Å². The van der Waals surface area contributed by atoms with Crippen LogP contribution in [0.1, 0.15) is 12.5 Å². The first-order chi connectivity index (χ1) is 8.49. The SMILES string of the molecule is C[C@H](N)C(=O)NNC(=O)NCc1ccc(Cl)cc1. The van der Waals surface area contributed by atoms with E-state index < -0.39 is 18.0 Å². The summed E-state index contributed by atoms with van der Waals surface area (Å²) in [5, 5.41) is 3.20. The van der Waals surface area contributed by atoms with Crippen molar-refractivity contribution in [3.63, 3.8) is 0 Å². The number of urea groups is 1. The van der Waals surface area contributed by atoms with Gasteiger partial charge in [0.25, 0.3) is 5.91 Å². The third-order valence-electron chi connectivity index (χ3n) is 2.08. The number of hydrogen-bond donors (Lipinski definition) is 4. The molecule has 0 unspecified atom stereocenters. The van der Waals surface area contributed by atoms with Gasteiger partial charge in [-0.1, -0.05) is 23.7 Å². The molecule has 0 heterocycles. The fourth-order valence-corrected chi connectivity index (χ4v) is 1.19. The molecule has 18 heavy (non-hydrogen) atoms. The van der Waals surface area contributed by atoms with E-state index in [0.29, 0.717) is 11.6 Å². The molecule has 0 saturated heterocycles. The predicted molar refractivity (Wildman–Crippen MR) is 68.6 cm³/mol. The van der Waals surface area contributed by atoms with Gasteiger partial charge in [-0.05, 0) is 24.6 Å². The van der Waals surface area contributed by atoms with Crippen molar-refractivity contribution in [1.82, 2.24) is 16.2 Å². The Kier molecular flexibility index (Phi) is 5.41. The first kappa shape index (κ1) is 14.3. The van der Waals surface area contributed by atoms with Gasteiger partial charge in [-0.25, -0.2) is 10.2 Å². The molecule has 7 heteroatoms. The molecular formula is C11H15ClN4O2. The average molecular weight is 271 g/mol. The van der Waals surface area contributed by atoms with Crippen molar-refractivity contribution >= 4 is 23.5 Å². The zero-order valence-corrected chi connectivity index (χ0v) is 10.6. The summed E-state index contributed by atoms with van der Waals surface area (Å²) in [7, 11) is 0. The lowest BCUT2D eigenvalue weighted by Crippen LogP contribution is -2.51. The van der Waals surface area contributed by atoms with Crippen molar-refractivity contribution < 1.29 is 9.59 Å². The third-order valence-corrected chi connectivity index (χ3v) is 2.33. The van der Waals surface area contributed by atoms with Crippen LogP contribution < -0.4 is 21.9 Å². The number of nitrogens with two attached hydrogens (primary N) is 1. The summed E-state index contributed by atoms with van der Waals surface area (Å²) < 4.78 is 0. The van der Waals surface area contributed by atoms with E-state index >= 15 is 0 Å². The highest BCUT2D eigenvalue weighted by Gasteiger charge is 2.07. The Labute approximate surface area is 110 Å². The molecule has 1 atom stereocenters. The Morgan fingerprint density at radius 1 is 1.28 bits per heavy atom. The molecule has 0 saturated carbocycles. The highest BCUT2D eigenvalue weighted by atomic mass is 35.5. The monoisotopic (exact) mass is 270 g/mol. The molecule has 0 aliphatic heterocycles. The molecule has 0 aliphatic rings. The van der Waals surface area contributed by atoms with E-state index in [2.05, 4.69) is 16.2 Å². The second kappa shape index (κ2) is 6.83. The summed E-state index contributed by atoms with van der Waals surface area (Å²) in [6, 6.07) is 5.86. The summed E-state index contributed by atoms with van der Waals surface area (Å²) in [6.45, 7) is 1.85. The van der Waals surface area contributed by atoms with Crippen LogP contribution in [0.4, 0.5) is 4.79 Å². The minimum absolute atomic E-state index is 0.330.